The van der Waals surface area contributed by atoms with Crippen LogP contribution in [0, 0.1) is 17.5 Å². The van der Waals surface area contributed by atoms with Gasteiger partial charge in [-0.15, -0.1) is 0 Å². The number of likely N-dealkylation sites (tertiary alicyclic amines) is 1. The van der Waals surface area contributed by atoms with Crippen molar-refractivity contribution in [2.75, 3.05) is 33.8 Å². The zero-order valence-corrected chi connectivity index (χ0v) is 14.8. The van der Waals surface area contributed by atoms with Gasteiger partial charge in [0.2, 0.25) is 11.7 Å². The van der Waals surface area contributed by atoms with Crippen LogP contribution in [0.5, 0.6) is 5.75 Å². The molecule has 0 N–H and O–H groups in total. The molecule has 27 heavy (non-hydrogen) atoms. The van der Waals surface area contributed by atoms with Gasteiger partial charge < -0.3 is 14.5 Å². The van der Waals surface area contributed by atoms with Gasteiger partial charge >= 0.3 is 6.03 Å². The minimum atomic E-state index is -1.49. The summed E-state index contributed by atoms with van der Waals surface area (Å²) in [5, 5.41) is 0. The van der Waals surface area contributed by atoms with E-state index in [-0.39, 0.29) is 37.6 Å². The van der Waals surface area contributed by atoms with Crippen LogP contribution in [0.1, 0.15) is 23.2 Å². The van der Waals surface area contributed by atoms with E-state index < -0.39 is 34.7 Å². The summed E-state index contributed by atoms with van der Waals surface area (Å²) >= 11 is 0. The van der Waals surface area contributed by atoms with Crippen LogP contribution in [0.4, 0.5) is 18.0 Å². The second-order valence-electron chi connectivity index (χ2n) is 6.45. The van der Waals surface area contributed by atoms with Crippen LogP contribution in [0.25, 0.3) is 0 Å². The Labute approximate surface area is 153 Å². The molecule has 0 aromatic heterocycles. The number of methoxy groups -OCH3 is 1. The molecule has 2 aliphatic rings. The minimum absolute atomic E-state index is 0.0110. The molecule has 2 heterocycles. The molecule has 2 saturated heterocycles. The standard InChI is InChI=1S/C17H18F3N3O4/c1-21-12(24)8-23(17(21)26)9-3-5-22(6-4-9)16(25)10-7-11(18)14(20)15(27-2)13(10)19/h7,9H,3-6,8H2,1-2H3. The number of hydrogen-bond acceptors (Lipinski definition) is 4. The van der Waals surface area contributed by atoms with Crippen LogP contribution >= 0.6 is 0 Å². The smallest absolute Gasteiger partial charge is 0.327 e. The third kappa shape index (κ3) is 3.19. The molecule has 4 amide bonds. The predicted octanol–water partition coefficient (Wildman–Crippen LogP) is 1.61. The van der Waals surface area contributed by atoms with Gasteiger partial charge in [-0.3, -0.25) is 14.5 Å². The molecule has 0 saturated carbocycles. The van der Waals surface area contributed by atoms with E-state index in [1.165, 1.54) is 16.8 Å². The zero-order chi connectivity index (χ0) is 19.9. The van der Waals surface area contributed by atoms with E-state index in [0.717, 1.165) is 12.0 Å². The topological polar surface area (TPSA) is 70.2 Å². The van der Waals surface area contributed by atoms with Gasteiger partial charge in [0.15, 0.2) is 17.4 Å². The van der Waals surface area contributed by atoms with Crippen molar-refractivity contribution < 1.29 is 32.3 Å². The molecule has 3 rings (SSSR count). The van der Waals surface area contributed by atoms with Crippen LogP contribution in [0.15, 0.2) is 6.07 Å². The van der Waals surface area contributed by atoms with E-state index in [1.807, 2.05) is 0 Å². The number of imide groups is 1. The molecule has 7 nitrogen and oxygen atoms in total. The number of carbonyl (C=O) groups is 3. The number of hydrogen-bond donors (Lipinski definition) is 0. The van der Waals surface area contributed by atoms with Gasteiger partial charge in [-0.05, 0) is 18.9 Å². The lowest BCUT2D eigenvalue weighted by atomic mass is 10.0. The first-order valence-electron chi connectivity index (χ1n) is 8.34. The Morgan fingerprint density at radius 1 is 1.15 bits per heavy atom. The number of likely N-dealkylation sites (N-methyl/N-ethyl adjacent to an activating group) is 1. The van der Waals surface area contributed by atoms with Gasteiger partial charge in [0.05, 0.1) is 12.7 Å². The number of halogens is 3. The first-order chi connectivity index (χ1) is 12.8. The molecule has 1 aromatic carbocycles. The Hall–Kier alpha value is -2.78. The van der Waals surface area contributed by atoms with Gasteiger partial charge in [0.25, 0.3) is 5.91 Å². The Kier molecular flexibility index (Phi) is 4.99. The Morgan fingerprint density at radius 3 is 2.30 bits per heavy atom. The third-order valence-electron chi connectivity index (χ3n) is 4.96. The molecule has 2 fully saturated rings. The molecule has 2 aliphatic heterocycles. The van der Waals surface area contributed by atoms with Crippen molar-refractivity contribution in [2.24, 2.45) is 0 Å². The van der Waals surface area contributed by atoms with E-state index in [1.54, 1.807) is 0 Å². The van der Waals surface area contributed by atoms with Crippen molar-refractivity contribution in [3.63, 3.8) is 0 Å². The average Bonchev–Trinajstić information content (AvgIpc) is 2.92. The summed E-state index contributed by atoms with van der Waals surface area (Å²) in [6.07, 6.45) is 0.780. The molecular formula is C17H18F3N3O4. The van der Waals surface area contributed by atoms with Gasteiger partial charge in [-0.25, -0.2) is 13.6 Å². The van der Waals surface area contributed by atoms with Crippen LogP contribution in [-0.2, 0) is 4.79 Å². The normalized spacial score (nSPS) is 18.5. The second-order valence-corrected chi connectivity index (χ2v) is 6.45. The highest BCUT2D eigenvalue weighted by molar-refractivity contribution is 6.01. The molecule has 0 unspecified atom stereocenters. The van der Waals surface area contributed by atoms with Gasteiger partial charge in [0, 0.05) is 26.2 Å². The Balaban J connectivity index is 1.72. The van der Waals surface area contributed by atoms with Gasteiger partial charge in [-0.2, -0.15) is 4.39 Å². The highest BCUT2D eigenvalue weighted by atomic mass is 19.2. The molecule has 1 aromatic rings. The fourth-order valence-electron chi connectivity index (χ4n) is 3.37. The van der Waals surface area contributed by atoms with Crippen LogP contribution in [0.2, 0.25) is 0 Å². The molecule has 0 spiro atoms. The number of urea groups is 1. The predicted molar refractivity (Wildman–Crippen MR) is 86.7 cm³/mol. The maximum absolute atomic E-state index is 14.3. The summed E-state index contributed by atoms with van der Waals surface area (Å²) in [4.78, 5) is 40.0. The largest absolute Gasteiger partial charge is 0.491 e. The summed E-state index contributed by atoms with van der Waals surface area (Å²) in [7, 11) is 2.38. The Bertz CT molecular complexity index is 809. The van der Waals surface area contributed by atoms with Crippen molar-refractivity contribution in [3.8, 4) is 5.75 Å². The molecule has 0 atom stereocenters. The van der Waals surface area contributed by atoms with Crippen molar-refractivity contribution in [1.82, 2.24) is 14.7 Å². The highest BCUT2D eigenvalue weighted by Crippen LogP contribution is 2.29. The van der Waals surface area contributed by atoms with E-state index in [4.69, 9.17) is 0 Å². The number of rotatable bonds is 3. The van der Waals surface area contributed by atoms with Gasteiger partial charge in [0.1, 0.15) is 6.54 Å². The van der Waals surface area contributed by atoms with Crippen LogP contribution in [-0.4, -0.2) is 72.4 Å². The molecule has 0 aliphatic carbocycles. The summed E-state index contributed by atoms with van der Waals surface area (Å²) in [5.74, 6) is -6.16. The van der Waals surface area contributed by atoms with Crippen LogP contribution in [0.3, 0.4) is 0 Å². The van der Waals surface area contributed by atoms with Gasteiger partial charge in [-0.1, -0.05) is 0 Å². The zero-order valence-electron chi connectivity index (χ0n) is 14.8. The number of piperidine rings is 1. The summed E-state index contributed by atoms with van der Waals surface area (Å²) in [5.41, 5.74) is -0.614. The van der Waals surface area contributed by atoms with E-state index in [2.05, 4.69) is 4.74 Å². The van der Waals surface area contributed by atoms with Crippen molar-refractivity contribution in [3.05, 3.63) is 29.1 Å². The van der Waals surface area contributed by atoms with E-state index >= 15 is 0 Å². The number of amides is 4. The molecule has 0 bridgehead atoms. The maximum atomic E-state index is 14.3. The lowest BCUT2D eigenvalue weighted by Gasteiger charge is -2.36. The van der Waals surface area contributed by atoms with E-state index in [0.29, 0.717) is 18.9 Å². The first-order valence-corrected chi connectivity index (χ1v) is 8.34. The molecule has 146 valence electrons. The lowest BCUT2D eigenvalue weighted by Crippen LogP contribution is -2.48. The minimum Gasteiger partial charge on any atom is -0.491 e. The number of nitrogens with zero attached hydrogens (tertiary/aromatic N) is 3. The summed E-state index contributed by atoms with van der Waals surface area (Å²) in [6.45, 7) is 0.362. The highest BCUT2D eigenvalue weighted by Gasteiger charge is 2.39. The SMILES string of the molecule is COc1c(F)c(F)cc(C(=O)N2CCC(N3CC(=O)N(C)C3=O)CC2)c1F. The molecule has 10 heteroatoms. The van der Waals surface area contributed by atoms with Crippen molar-refractivity contribution in [2.45, 2.75) is 18.9 Å². The first kappa shape index (κ1) is 19.0. The number of benzene rings is 1. The summed E-state index contributed by atoms with van der Waals surface area (Å²) < 4.78 is 46.0. The second kappa shape index (κ2) is 7.09. The average molecular weight is 385 g/mol. The monoisotopic (exact) mass is 385 g/mol. The quantitative estimate of drug-likeness (QED) is 0.586. The molecular weight excluding hydrogens is 367 g/mol. The fraction of sp³-hybridized carbons (Fsp3) is 0.471. The maximum Gasteiger partial charge on any atom is 0.327 e. The van der Waals surface area contributed by atoms with Crippen molar-refractivity contribution >= 4 is 17.8 Å². The third-order valence-corrected chi connectivity index (χ3v) is 4.96. The fourth-order valence-corrected chi connectivity index (χ4v) is 3.37. The van der Waals surface area contributed by atoms with Crippen LogP contribution < -0.4 is 4.74 Å². The number of ether oxygens (including phenoxy) is 1. The van der Waals surface area contributed by atoms with Crippen molar-refractivity contribution in [1.29, 1.82) is 0 Å². The van der Waals surface area contributed by atoms with E-state index in [9.17, 15) is 27.6 Å². The lowest BCUT2D eigenvalue weighted by molar-refractivity contribution is -0.124. The number of carbonyl (C=O) groups excluding carboxylic acids is 3. The molecule has 0 radical (unpaired) electrons. The Morgan fingerprint density at radius 2 is 1.78 bits per heavy atom. The summed E-state index contributed by atoms with van der Waals surface area (Å²) in [6, 6.07) is -0.0971.